The highest BCUT2D eigenvalue weighted by atomic mass is 16.8. The first-order chi connectivity index (χ1) is 15.0. The van der Waals surface area contributed by atoms with Crippen molar-refractivity contribution in [3.63, 3.8) is 0 Å². The van der Waals surface area contributed by atoms with Crippen LogP contribution in [0.25, 0.3) is 0 Å². The molecule has 3 rings (SSSR count). The Morgan fingerprint density at radius 1 is 0.844 bits per heavy atom. The van der Waals surface area contributed by atoms with Crippen LogP contribution in [0.5, 0.6) is 0 Å². The van der Waals surface area contributed by atoms with Crippen LogP contribution in [0.1, 0.15) is 20.8 Å². The lowest BCUT2D eigenvalue weighted by molar-refractivity contribution is -0.381. The number of hydrogen-bond acceptors (Lipinski definition) is 12. The molecule has 3 aliphatic rings. The monoisotopic (exact) mass is 466 g/mol. The first-order valence-electron chi connectivity index (χ1n) is 10.6. The molecule has 0 aromatic rings. The summed E-state index contributed by atoms with van der Waals surface area (Å²) in [7, 11) is 0. The third kappa shape index (κ3) is 5.17. The van der Waals surface area contributed by atoms with Crippen molar-refractivity contribution < 1.29 is 59.4 Å². The highest BCUT2D eigenvalue weighted by Gasteiger charge is 2.52. The van der Waals surface area contributed by atoms with Crippen molar-refractivity contribution in [3.05, 3.63) is 12.2 Å². The summed E-state index contributed by atoms with van der Waals surface area (Å²) in [5, 5.41) is 70.3. The van der Waals surface area contributed by atoms with Crippen LogP contribution in [-0.4, -0.2) is 122 Å². The fraction of sp³-hybridized carbons (Fsp3) is 0.900. The van der Waals surface area contributed by atoms with Crippen molar-refractivity contribution in [1.82, 2.24) is 0 Å². The molecule has 0 aromatic heterocycles. The van der Waals surface area contributed by atoms with E-state index in [0.29, 0.717) is 0 Å². The molecule has 7 N–H and O–H groups in total. The average Bonchev–Trinajstić information content (AvgIpc) is 3.15. The quantitative estimate of drug-likeness (QED) is 0.188. The summed E-state index contributed by atoms with van der Waals surface area (Å²) in [5.41, 5.74) is 0. The molecule has 0 amide bonds. The molecule has 0 aliphatic carbocycles. The van der Waals surface area contributed by atoms with Gasteiger partial charge in [-0.1, -0.05) is 19.9 Å². The van der Waals surface area contributed by atoms with E-state index >= 15 is 0 Å². The zero-order valence-electron chi connectivity index (χ0n) is 18.2. The van der Waals surface area contributed by atoms with E-state index < -0.39 is 80.4 Å². The summed E-state index contributed by atoms with van der Waals surface area (Å²) < 4.78 is 28.0. The number of aliphatic hydroxyl groups is 7. The Hall–Kier alpha value is -0.740. The first kappa shape index (κ1) is 25.9. The smallest absolute Gasteiger partial charge is 0.190 e. The lowest BCUT2D eigenvalue weighted by Crippen LogP contribution is -2.65. The molecule has 0 unspecified atom stereocenters. The van der Waals surface area contributed by atoms with E-state index in [4.69, 9.17) is 23.7 Å². The number of aliphatic hydroxyl groups excluding tert-OH is 7. The van der Waals surface area contributed by atoms with Gasteiger partial charge in [0, 0.05) is 0 Å². The fourth-order valence-electron chi connectivity index (χ4n) is 3.93. The molecular weight excluding hydrogens is 432 g/mol. The molecule has 32 heavy (non-hydrogen) atoms. The van der Waals surface area contributed by atoms with Crippen molar-refractivity contribution in [2.24, 2.45) is 5.92 Å². The molecule has 12 atom stereocenters. The lowest BCUT2D eigenvalue weighted by atomic mass is 9.97. The van der Waals surface area contributed by atoms with Gasteiger partial charge >= 0.3 is 0 Å². The summed E-state index contributed by atoms with van der Waals surface area (Å²) in [5.74, 6) is -1.05. The Morgan fingerprint density at radius 3 is 2.00 bits per heavy atom. The van der Waals surface area contributed by atoms with Crippen LogP contribution in [0, 0.1) is 5.92 Å². The molecule has 0 saturated carbocycles. The topological polar surface area (TPSA) is 188 Å². The summed E-state index contributed by atoms with van der Waals surface area (Å²) in [4.78, 5) is 0. The highest BCUT2D eigenvalue weighted by Crippen LogP contribution is 2.34. The zero-order chi connectivity index (χ0) is 23.8. The van der Waals surface area contributed by atoms with E-state index in [1.54, 1.807) is 13.0 Å². The van der Waals surface area contributed by atoms with Crippen LogP contribution in [0.2, 0.25) is 0 Å². The molecule has 3 heterocycles. The van der Waals surface area contributed by atoms with Crippen molar-refractivity contribution >= 4 is 0 Å². The molecule has 0 aromatic carbocycles. The standard InChI is InChI=1S/C20H34O12/c1-8(2)9-4-5-20(3,31-9)32-19-16(27)14(25)17(11(7-22)29-19)30-18-15(26)13(24)12(23)10(6-21)28-18/h4-5,8-19,21-27H,6-7H2,1-3H3/t9-,10-,11-,12+,13-,14-,15-,16-,17-,18-,19+,20+/m1/s1. The van der Waals surface area contributed by atoms with Crippen LogP contribution in [0.4, 0.5) is 0 Å². The van der Waals surface area contributed by atoms with E-state index in [2.05, 4.69) is 0 Å². The SMILES string of the molecule is CC(C)[C@H]1C=C[C@](C)(O[C@@H]2O[C@H](CO)[C@@H](O[C@H]3O[C@H](CO)[C@H](O)[C@@H](O)[C@H]3O)[C@H](O)[C@H]2O)O1. The predicted molar refractivity (Wildman–Crippen MR) is 105 cm³/mol. The van der Waals surface area contributed by atoms with Crippen LogP contribution in [0.15, 0.2) is 12.2 Å². The summed E-state index contributed by atoms with van der Waals surface area (Å²) in [6.45, 7) is 4.25. The van der Waals surface area contributed by atoms with E-state index in [1.165, 1.54) is 0 Å². The van der Waals surface area contributed by atoms with E-state index in [1.807, 2.05) is 19.9 Å². The minimum Gasteiger partial charge on any atom is -0.394 e. The van der Waals surface area contributed by atoms with Gasteiger partial charge in [-0.2, -0.15) is 0 Å². The Balaban J connectivity index is 1.68. The van der Waals surface area contributed by atoms with Crippen molar-refractivity contribution in [2.45, 2.75) is 94.1 Å². The number of hydrogen-bond donors (Lipinski definition) is 7. The van der Waals surface area contributed by atoms with Crippen molar-refractivity contribution in [1.29, 1.82) is 0 Å². The van der Waals surface area contributed by atoms with Gasteiger partial charge < -0.3 is 59.4 Å². The molecule has 186 valence electrons. The third-order valence-corrected chi connectivity index (χ3v) is 5.93. The maximum atomic E-state index is 10.7. The molecule has 0 bridgehead atoms. The minimum absolute atomic E-state index is 0.181. The molecule has 2 fully saturated rings. The van der Waals surface area contributed by atoms with E-state index in [0.717, 1.165) is 0 Å². The molecule has 3 aliphatic heterocycles. The Kier molecular flexibility index (Phi) is 8.29. The minimum atomic E-state index is -1.73. The number of rotatable bonds is 7. The molecule has 0 spiro atoms. The van der Waals surface area contributed by atoms with Gasteiger partial charge in [-0.3, -0.25) is 0 Å². The largest absolute Gasteiger partial charge is 0.394 e. The van der Waals surface area contributed by atoms with Gasteiger partial charge in [-0.25, -0.2) is 0 Å². The molecule has 0 radical (unpaired) electrons. The van der Waals surface area contributed by atoms with Crippen LogP contribution in [-0.2, 0) is 23.7 Å². The normalized spacial score (nSPS) is 49.7. The van der Waals surface area contributed by atoms with Crippen molar-refractivity contribution in [2.75, 3.05) is 13.2 Å². The second kappa shape index (κ2) is 10.3. The second-order valence-corrected chi connectivity index (χ2v) is 8.82. The van der Waals surface area contributed by atoms with Gasteiger partial charge in [0.15, 0.2) is 18.4 Å². The second-order valence-electron chi connectivity index (χ2n) is 8.82. The number of ether oxygens (including phenoxy) is 5. The van der Waals surface area contributed by atoms with Gasteiger partial charge in [0.25, 0.3) is 0 Å². The summed E-state index contributed by atoms with van der Waals surface area (Å²) >= 11 is 0. The lowest BCUT2D eigenvalue weighted by Gasteiger charge is -2.46. The Bertz CT molecular complexity index is 642. The highest BCUT2D eigenvalue weighted by molar-refractivity contribution is 5.07. The maximum absolute atomic E-state index is 10.7. The van der Waals surface area contributed by atoms with E-state index in [-0.39, 0.29) is 12.0 Å². The van der Waals surface area contributed by atoms with Crippen LogP contribution in [0.3, 0.4) is 0 Å². The Labute approximate surface area is 185 Å². The van der Waals surface area contributed by atoms with Crippen LogP contribution < -0.4 is 0 Å². The predicted octanol–water partition coefficient (Wildman–Crippen LogP) is -3.05. The van der Waals surface area contributed by atoms with Gasteiger partial charge in [0.1, 0.15) is 48.8 Å². The molecule has 12 nitrogen and oxygen atoms in total. The van der Waals surface area contributed by atoms with Gasteiger partial charge in [-0.05, 0) is 18.9 Å². The fourth-order valence-corrected chi connectivity index (χ4v) is 3.93. The van der Waals surface area contributed by atoms with Gasteiger partial charge in [0.2, 0.25) is 0 Å². The van der Waals surface area contributed by atoms with Crippen LogP contribution >= 0.6 is 0 Å². The first-order valence-corrected chi connectivity index (χ1v) is 10.6. The molecular formula is C20H34O12. The van der Waals surface area contributed by atoms with Gasteiger partial charge in [0.05, 0.1) is 19.3 Å². The summed E-state index contributed by atoms with van der Waals surface area (Å²) in [6.07, 6.45) is -11.8. The van der Waals surface area contributed by atoms with E-state index in [9.17, 15) is 35.7 Å². The van der Waals surface area contributed by atoms with Crippen molar-refractivity contribution in [3.8, 4) is 0 Å². The molecule has 2 saturated heterocycles. The Morgan fingerprint density at radius 2 is 1.44 bits per heavy atom. The average molecular weight is 466 g/mol. The zero-order valence-corrected chi connectivity index (χ0v) is 18.2. The summed E-state index contributed by atoms with van der Waals surface area (Å²) in [6, 6.07) is 0. The van der Waals surface area contributed by atoms with Gasteiger partial charge in [-0.15, -0.1) is 0 Å². The molecule has 12 heteroatoms. The maximum Gasteiger partial charge on any atom is 0.190 e. The third-order valence-electron chi connectivity index (χ3n) is 5.93.